The first-order valence-corrected chi connectivity index (χ1v) is 14.5. The zero-order chi connectivity index (χ0) is 29.5. The van der Waals surface area contributed by atoms with Gasteiger partial charge in [0.1, 0.15) is 11.9 Å². The van der Waals surface area contributed by atoms with Gasteiger partial charge in [-0.25, -0.2) is 9.78 Å². The summed E-state index contributed by atoms with van der Waals surface area (Å²) in [6, 6.07) is 8.01. The molecule has 3 saturated heterocycles. The lowest BCUT2D eigenvalue weighted by Crippen LogP contribution is -2.54. The average Bonchev–Trinajstić information content (AvgIpc) is 3.23. The first kappa shape index (κ1) is 27.8. The number of hydrogen-bond donors (Lipinski definition) is 2. The number of carboxylic acid groups (broad SMARTS) is 1. The van der Waals surface area contributed by atoms with E-state index in [-0.39, 0.29) is 18.4 Å². The number of piperazine rings is 1. The summed E-state index contributed by atoms with van der Waals surface area (Å²) in [6.45, 7) is 7.45. The number of hydrogen-bond acceptors (Lipinski definition) is 9. The molecule has 1 unspecified atom stereocenters. The molecule has 0 aliphatic carbocycles. The smallest absolute Gasteiger partial charge is 0.337 e. The second-order valence-electron chi connectivity index (χ2n) is 11.6. The predicted molar refractivity (Wildman–Crippen MR) is 152 cm³/mol. The molecular weight excluding hydrogens is 540 g/mol. The molecule has 2 N–H and O–H groups in total. The van der Waals surface area contributed by atoms with E-state index in [1.165, 1.54) is 6.20 Å². The molecule has 12 heteroatoms. The molecule has 2 aromatic rings. The molecule has 3 fully saturated rings. The largest absolute Gasteiger partial charge is 0.478 e. The topological polar surface area (TPSA) is 143 Å². The molecule has 4 aliphatic heterocycles. The third-order valence-corrected chi connectivity index (χ3v) is 8.98. The SMILES string of the molecule is C[C@H]1CN(c2ccc3c(c2)C(=O)N(C2CCC(=O)NC2=O)C3=O)CCN1CC1CCN(c2ccc(C(=O)O)cn2)CC1. The lowest BCUT2D eigenvalue weighted by Gasteiger charge is -2.43. The lowest BCUT2D eigenvalue weighted by atomic mass is 9.95. The number of nitrogens with one attached hydrogen (secondary N) is 1. The van der Waals surface area contributed by atoms with Crippen LogP contribution >= 0.6 is 0 Å². The lowest BCUT2D eigenvalue weighted by molar-refractivity contribution is -0.136. The van der Waals surface area contributed by atoms with E-state index >= 15 is 0 Å². The summed E-state index contributed by atoms with van der Waals surface area (Å²) in [6.07, 6.45) is 3.72. The second-order valence-corrected chi connectivity index (χ2v) is 11.6. The number of carbonyl (C=O) groups is 5. The van der Waals surface area contributed by atoms with Crippen molar-refractivity contribution < 1.29 is 29.1 Å². The molecule has 0 spiro atoms. The van der Waals surface area contributed by atoms with Gasteiger partial charge in [-0.15, -0.1) is 0 Å². The number of benzene rings is 1. The second kappa shape index (κ2) is 11.2. The molecule has 0 saturated carbocycles. The molecular formula is C30H34N6O6. The van der Waals surface area contributed by atoms with Crippen molar-refractivity contribution in [2.45, 2.75) is 44.7 Å². The molecule has 1 aromatic heterocycles. The van der Waals surface area contributed by atoms with Crippen LogP contribution in [0.2, 0.25) is 0 Å². The van der Waals surface area contributed by atoms with E-state index in [2.05, 4.69) is 31.9 Å². The van der Waals surface area contributed by atoms with Gasteiger partial charge in [-0.2, -0.15) is 0 Å². The van der Waals surface area contributed by atoms with Gasteiger partial charge in [0.15, 0.2) is 0 Å². The van der Waals surface area contributed by atoms with Crippen LogP contribution in [0, 0.1) is 5.92 Å². The molecule has 6 rings (SSSR count). The summed E-state index contributed by atoms with van der Waals surface area (Å²) in [5.41, 5.74) is 1.66. The Morgan fingerprint density at radius 2 is 1.71 bits per heavy atom. The number of amides is 4. The molecule has 12 nitrogen and oxygen atoms in total. The molecule has 5 heterocycles. The maximum absolute atomic E-state index is 13.2. The number of nitrogens with zero attached hydrogens (tertiary/aromatic N) is 5. The Morgan fingerprint density at radius 3 is 2.38 bits per heavy atom. The van der Waals surface area contributed by atoms with Crippen LogP contribution in [0.3, 0.4) is 0 Å². The number of aromatic nitrogens is 1. The van der Waals surface area contributed by atoms with Gasteiger partial charge in [-0.3, -0.25) is 34.3 Å². The Balaban J connectivity index is 1.04. The van der Waals surface area contributed by atoms with E-state index in [9.17, 15) is 24.0 Å². The number of pyridine rings is 1. The highest BCUT2D eigenvalue weighted by Gasteiger charge is 2.45. The zero-order valence-corrected chi connectivity index (χ0v) is 23.5. The van der Waals surface area contributed by atoms with Crippen LogP contribution in [-0.4, -0.2) is 101 Å². The molecule has 4 amide bonds. The highest BCUT2D eigenvalue weighted by atomic mass is 16.4. The van der Waals surface area contributed by atoms with Gasteiger partial charge in [-0.05, 0) is 62.4 Å². The Morgan fingerprint density at radius 1 is 0.952 bits per heavy atom. The van der Waals surface area contributed by atoms with Crippen molar-refractivity contribution >= 4 is 41.1 Å². The van der Waals surface area contributed by atoms with Crippen molar-refractivity contribution in [1.82, 2.24) is 20.1 Å². The standard InChI is InChI=1S/C30H34N6O6/c1-18-16-35(13-12-34(18)17-19-8-10-33(11-9-19)25-6-2-20(15-31-25)30(41)42)21-3-4-22-23(14-21)29(40)36(28(22)39)24-5-7-26(37)32-27(24)38/h2-4,6,14-15,18-19,24H,5,7-13,16-17H2,1H3,(H,41,42)(H,32,37,38)/t18-,24?/m0/s1. The third-order valence-electron chi connectivity index (χ3n) is 8.98. The van der Waals surface area contributed by atoms with Gasteiger partial charge < -0.3 is 14.9 Å². The highest BCUT2D eigenvalue weighted by molar-refractivity contribution is 6.23. The van der Waals surface area contributed by atoms with Gasteiger partial charge in [0.05, 0.1) is 16.7 Å². The van der Waals surface area contributed by atoms with E-state index in [4.69, 9.17) is 5.11 Å². The fourth-order valence-corrected chi connectivity index (χ4v) is 6.53. The summed E-state index contributed by atoms with van der Waals surface area (Å²) in [5.74, 6) is -1.58. The van der Waals surface area contributed by atoms with Crippen molar-refractivity contribution in [3.63, 3.8) is 0 Å². The minimum Gasteiger partial charge on any atom is -0.478 e. The van der Waals surface area contributed by atoms with E-state index in [1.807, 2.05) is 6.07 Å². The van der Waals surface area contributed by atoms with Gasteiger partial charge in [0, 0.05) is 63.6 Å². The average molecular weight is 575 g/mol. The number of imide groups is 2. The molecule has 2 atom stereocenters. The molecule has 0 bridgehead atoms. The number of anilines is 2. The molecule has 42 heavy (non-hydrogen) atoms. The maximum Gasteiger partial charge on any atom is 0.337 e. The van der Waals surface area contributed by atoms with Crippen molar-refractivity contribution in [2.24, 2.45) is 5.92 Å². The Hall–Kier alpha value is -4.32. The first-order valence-electron chi connectivity index (χ1n) is 14.5. The van der Waals surface area contributed by atoms with Crippen LogP contribution in [0.25, 0.3) is 0 Å². The number of piperidine rings is 2. The minimum atomic E-state index is -0.974. The third kappa shape index (κ3) is 5.22. The fraction of sp³-hybridized carbons (Fsp3) is 0.467. The Bertz CT molecular complexity index is 1440. The van der Waals surface area contributed by atoms with Gasteiger partial charge >= 0.3 is 5.97 Å². The molecule has 1 aromatic carbocycles. The van der Waals surface area contributed by atoms with Crippen LogP contribution in [0.1, 0.15) is 63.7 Å². The van der Waals surface area contributed by atoms with E-state index < -0.39 is 35.6 Å². The maximum atomic E-state index is 13.2. The van der Waals surface area contributed by atoms with Gasteiger partial charge in [-0.1, -0.05) is 0 Å². The van der Waals surface area contributed by atoms with Gasteiger partial charge in [0.25, 0.3) is 11.8 Å². The number of carboxylic acids is 1. The van der Waals surface area contributed by atoms with E-state index in [0.717, 1.165) is 68.5 Å². The van der Waals surface area contributed by atoms with Crippen LogP contribution in [-0.2, 0) is 9.59 Å². The van der Waals surface area contributed by atoms with Crippen LogP contribution in [0.15, 0.2) is 36.5 Å². The van der Waals surface area contributed by atoms with Gasteiger partial charge in [0.2, 0.25) is 11.8 Å². The van der Waals surface area contributed by atoms with Crippen LogP contribution < -0.4 is 15.1 Å². The van der Waals surface area contributed by atoms with Crippen LogP contribution in [0.4, 0.5) is 11.5 Å². The Labute approximate surface area is 243 Å². The fourth-order valence-electron chi connectivity index (χ4n) is 6.53. The van der Waals surface area contributed by atoms with Crippen molar-refractivity contribution in [3.05, 3.63) is 53.2 Å². The summed E-state index contributed by atoms with van der Waals surface area (Å²) < 4.78 is 0. The minimum absolute atomic E-state index is 0.0932. The normalized spacial score (nSPS) is 23.8. The quantitative estimate of drug-likeness (QED) is 0.489. The summed E-state index contributed by atoms with van der Waals surface area (Å²) in [5, 5.41) is 11.3. The summed E-state index contributed by atoms with van der Waals surface area (Å²) >= 11 is 0. The van der Waals surface area contributed by atoms with Crippen molar-refractivity contribution in [1.29, 1.82) is 0 Å². The zero-order valence-electron chi connectivity index (χ0n) is 23.5. The number of aromatic carboxylic acids is 1. The Kier molecular flexibility index (Phi) is 7.40. The first-order chi connectivity index (χ1) is 20.2. The highest BCUT2D eigenvalue weighted by Crippen LogP contribution is 2.32. The van der Waals surface area contributed by atoms with Crippen LogP contribution in [0.5, 0.6) is 0 Å². The molecule has 4 aliphatic rings. The number of fused-ring (bicyclic) bond motifs is 1. The summed E-state index contributed by atoms with van der Waals surface area (Å²) in [7, 11) is 0. The van der Waals surface area contributed by atoms with Crippen molar-refractivity contribution in [2.75, 3.05) is 49.1 Å². The monoisotopic (exact) mass is 574 g/mol. The van der Waals surface area contributed by atoms with Crippen molar-refractivity contribution in [3.8, 4) is 0 Å². The predicted octanol–water partition coefficient (Wildman–Crippen LogP) is 1.61. The van der Waals surface area contributed by atoms with E-state index in [0.29, 0.717) is 23.1 Å². The molecule has 0 radical (unpaired) electrons. The summed E-state index contributed by atoms with van der Waals surface area (Å²) in [4.78, 5) is 73.6. The number of rotatable bonds is 6. The molecule has 220 valence electrons. The van der Waals surface area contributed by atoms with E-state index in [1.54, 1.807) is 24.3 Å². The number of carbonyl (C=O) groups excluding carboxylic acids is 4.